The van der Waals surface area contributed by atoms with Gasteiger partial charge in [-0.25, -0.2) is 0 Å². The molecule has 0 saturated heterocycles. The van der Waals surface area contributed by atoms with Crippen molar-refractivity contribution in [3.05, 3.63) is 63.0 Å². The fourth-order valence-corrected chi connectivity index (χ4v) is 3.87. The Morgan fingerprint density at radius 3 is 2.76 bits per heavy atom. The minimum atomic E-state index is -0.0585. The molecule has 0 fully saturated rings. The molecule has 2 heterocycles. The summed E-state index contributed by atoms with van der Waals surface area (Å²) in [5.41, 5.74) is 1.98. The van der Waals surface area contributed by atoms with E-state index in [1.807, 2.05) is 37.3 Å². The first-order chi connectivity index (χ1) is 10.1. The van der Waals surface area contributed by atoms with Gasteiger partial charge in [0, 0.05) is 17.0 Å². The van der Waals surface area contributed by atoms with Crippen LogP contribution >= 0.6 is 23.6 Å². The summed E-state index contributed by atoms with van der Waals surface area (Å²) in [6.07, 6.45) is 1.68. The lowest BCUT2D eigenvalue weighted by Crippen LogP contribution is -2.21. The fourth-order valence-electron chi connectivity index (χ4n) is 2.48. The molecule has 1 N–H and O–H groups in total. The van der Waals surface area contributed by atoms with Crippen LogP contribution in [0.2, 0.25) is 0 Å². The molecule has 0 spiro atoms. The number of nitrogens with zero attached hydrogens (tertiary/aromatic N) is 1. The lowest BCUT2D eigenvalue weighted by atomic mass is 10.0. The Balaban J connectivity index is 2.44. The van der Waals surface area contributed by atoms with Gasteiger partial charge >= 0.3 is 0 Å². The van der Waals surface area contributed by atoms with Crippen LogP contribution in [0.15, 0.2) is 47.8 Å². The second kappa shape index (κ2) is 5.42. The number of H-pyrrole nitrogens is 1. The summed E-state index contributed by atoms with van der Waals surface area (Å²) in [4.78, 5) is 17.9. The Kier molecular flexibility index (Phi) is 3.61. The van der Waals surface area contributed by atoms with E-state index in [4.69, 9.17) is 12.2 Å². The van der Waals surface area contributed by atoms with Gasteiger partial charge in [0.05, 0.1) is 5.39 Å². The number of allylic oxidation sites excluding steroid dienone is 1. The summed E-state index contributed by atoms with van der Waals surface area (Å²) in [5, 5.41) is 0.708. The molecule has 0 bridgehead atoms. The van der Waals surface area contributed by atoms with Crippen LogP contribution in [0.1, 0.15) is 4.88 Å². The van der Waals surface area contributed by atoms with Gasteiger partial charge in [0.15, 0.2) is 4.77 Å². The van der Waals surface area contributed by atoms with Crippen LogP contribution in [0.5, 0.6) is 0 Å². The molecule has 21 heavy (non-hydrogen) atoms. The normalized spacial score (nSPS) is 10.9. The Hall–Kier alpha value is -1.98. The number of aromatic amines is 1. The monoisotopic (exact) mass is 314 g/mol. The van der Waals surface area contributed by atoms with Gasteiger partial charge in [-0.2, -0.15) is 0 Å². The van der Waals surface area contributed by atoms with Gasteiger partial charge < -0.3 is 4.98 Å². The minimum Gasteiger partial charge on any atom is -0.323 e. The summed E-state index contributed by atoms with van der Waals surface area (Å²) >= 11 is 6.84. The fraction of sp³-hybridized carbons (Fsp3) is 0.125. The number of aryl methyl sites for hydroxylation is 1. The maximum Gasteiger partial charge on any atom is 0.263 e. The van der Waals surface area contributed by atoms with E-state index in [-0.39, 0.29) is 5.56 Å². The van der Waals surface area contributed by atoms with Crippen LogP contribution in [-0.4, -0.2) is 9.55 Å². The molecule has 0 unspecified atom stereocenters. The van der Waals surface area contributed by atoms with Gasteiger partial charge in [0.25, 0.3) is 5.56 Å². The summed E-state index contributed by atoms with van der Waals surface area (Å²) in [6.45, 7) is 6.13. The van der Waals surface area contributed by atoms with E-state index in [9.17, 15) is 4.79 Å². The van der Waals surface area contributed by atoms with Gasteiger partial charge in [-0.3, -0.25) is 9.36 Å². The largest absolute Gasteiger partial charge is 0.323 e. The summed E-state index contributed by atoms with van der Waals surface area (Å²) in [5.74, 6) is 0. The highest BCUT2D eigenvalue weighted by Gasteiger charge is 2.16. The number of aromatic nitrogens is 2. The Labute approximate surface area is 131 Å². The van der Waals surface area contributed by atoms with Crippen molar-refractivity contribution in [2.75, 3.05) is 0 Å². The number of fused-ring (bicyclic) bond motifs is 1. The SMILES string of the molecule is C=CCn1c(=S)[nH]c2sc(C)c(-c3ccccc3)c2c1=O. The van der Waals surface area contributed by atoms with Crippen molar-refractivity contribution in [2.45, 2.75) is 13.5 Å². The maximum absolute atomic E-state index is 12.8. The molecule has 5 heteroatoms. The van der Waals surface area contributed by atoms with E-state index < -0.39 is 0 Å². The molecule has 0 atom stereocenters. The van der Waals surface area contributed by atoms with Crippen LogP contribution in [-0.2, 0) is 6.54 Å². The molecule has 0 aliphatic carbocycles. The molecule has 1 aromatic carbocycles. The van der Waals surface area contributed by atoms with E-state index in [1.54, 1.807) is 22.0 Å². The van der Waals surface area contributed by atoms with Crippen LogP contribution in [0.3, 0.4) is 0 Å². The second-order valence-corrected chi connectivity index (χ2v) is 6.35. The molecular formula is C16H14N2OS2. The average Bonchev–Trinajstić information content (AvgIpc) is 2.80. The van der Waals surface area contributed by atoms with Crippen molar-refractivity contribution in [1.29, 1.82) is 0 Å². The second-order valence-electron chi connectivity index (χ2n) is 4.74. The van der Waals surface area contributed by atoms with Crippen molar-refractivity contribution < 1.29 is 0 Å². The summed E-state index contributed by atoms with van der Waals surface area (Å²) in [6, 6.07) is 9.97. The Morgan fingerprint density at radius 1 is 1.38 bits per heavy atom. The van der Waals surface area contributed by atoms with E-state index >= 15 is 0 Å². The first kappa shape index (κ1) is 14.0. The highest BCUT2D eigenvalue weighted by atomic mass is 32.1. The number of nitrogens with one attached hydrogen (secondary N) is 1. The van der Waals surface area contributed by atoms with Crippen molar-refractivity contribution >= 4 is 33.8 Å². The zero-order chi connectivity index (χ0) is 15.0. The van der Waals surface area contributed by atoms with Crippen molar-refractivity contribution in [1.82, 2.24) is 9.55 Å². The highest BCUT2D eigenvalue weighted by molar-refractivity contribution is 7.71. The number of benzene rings is 1. The third-order valence-corrected chi connectivity index (χ3v) is 4.73. The first-order valence-electron chi connectivity index (χ1n) is 6.56. The molecule has 2 aromatic heterocycles. The summed E-state index contributed by atoms with van der Waals surface area (Å²) < 4.78 is 1.98. The topological polar surface area (TPSA) is 37.8 Å². The minimum absolute atomic E-state index is 0.0585. The van der Waals surface area contributed by atoms with Crippen molar-refractivity contribution in [2.24, 2.45) is 0 Å². The highest BCUT2D eigenvalue weighted by Crippen LogP contribution is 2.35. The van der Waals surface area contributed by atoms with Gasteiger partial charge in [0.2, 0.25) is 0 Å². The van der Waals surface area contributed by atoms with Gasteiger partial charge in [0.1, 0.15) is 4.83 Å². The quantitative estimate of drug-likeness (QED) is 0.579. The van der Waals surface area contributed by atoms with E-state index in [2.05, 4.69) is 11.6 Å². The number of hydrogen-bond acceptors (Lipinski definition) is 3. The van der Waals surface area contributed by atoms with Crippen LogP contribution in [0.25, 0.3) is 21.3 Å². The molecule has 3 aromatic rings. The van der Waals surface area contributed by atoms with Crippen molar-refractivity contribution in [3.8, 4) is 11.1 Å². The Morgan fingerprint density at radius 2 is 2.10 bits per heavy atom. The molecular weight excluding hydrogens is 300 g/mol. The molecule has 0 aliphatic heterocycles. The molecule has 3 rings (SSSR count). The van der Waals surface area contributed by atoms with E-state index in [1.165, 1.54) is 0 Å². The third-order valence-electron chi connectivity index (χ3n) is 3.38. The number of thiophene rings is 1. The predicted molar refractivity (Wildman–Crippen MR) is 91.6 cm³/mol. The van der Waals surface area contributed by atoms with Crippen LogP contribution < -0.4 is 5.56 Å². The molecule has 0 aliphatic rings. The lowest BCUT2D eigenvalue weighted by Gasteiger charge is -2.05. The van der Waals surface area contributed by atoms with Crippen LogP contribution in [0, 0.1) is 11.7 Å². The van der Waals surface area contributed by atoms with Gasteiger partial charge in [-0.1, -0.05) is 36.4 Å². The molecule has 0 radical (unpaired) electrons. The van der Waals surface area contributed by atoms with E-state index in [0.717, 1.165) is 20.8 Å². The third kappa shape index (κ3) is 2.28. The van der Waals surface area contributed by atoms with E-state index in [0.29, 0.717) is 16.7 Å². The number of hydrogen-bond donors (Lipinski definition) is 1. The van der Waals surface area contributed by atoms with Gasteiger partial charge in [-0.15, -0.1) is 17.9 Å². The zero-order valence-corrected chi connectivity index (χ0v) is 13.2. The van der Waals surface area contributed by atoms with Crippen LogP contribution in [0.4, 0.5) is 0 Å². The molecule has 0 saturated carbocycles. The predicted octanol–water partition coefficient (Wildman–Crippen LogP) is 4.28. The summed E-state index contributed by atoms with van der Waals surface area (Å²) in [7, 11) is 0. The molecule has 3 nitrogen and oxygen atoms in total. The number of rotatable bonds is 3. The molecule has 106 valence electrons. The first-order valence-corrected chi connectivity index (χ1v) is 7.78. The van der Waals surface area contributed by atoms with Gasteiger partial charge in [-0.05, 0) is 24.7 Å². The smallest absolute Gasteiger partial charge is 0.263 e. The lowest BCUT2D eigenvalue weighted by molar-refractivity contribution is 0.754. The average molecular weight is 314 g/mol. The zero-order valence-electron chi connectivity index (χ0n) is 11.6. The van der Waals surface area contributed by atoms with Crippen molar-refractivity contribution in [3.63, 3.8) is 0 Å². The Bertz CT molecular complexity index is 933. The molecule has 0 amide bonds. The standard InChI is InChI=1S/C16H14N2OS2/c1-3-9-18-15(19)13-12(11-7-5-4-6-8-11)10(2)21-14(13)17-16(18)20/h3-8H,1,9H2,2H3,(H,17,20). The maximum atomic E-state index is 12.8.